The molecule has 2 bridgehead atoms. The number of rotatable bonds is 2. The molecule has 3 heterocycles. The number of epoxide rings is 1. The van der Waals surface area contributed by atoms with Crippen LogP contribution in [0.15, 0.2) is 36.0 Å². The van der Waals surface area contributed by atoms with Gasteiger partial charge in [0.1, 0.15) is 18.3 Å². The van der Waals surface area contributed by atoms with Crippen LogP contribution >= 0.6 is 0 Å². The second-order valence-electron chi connectivity index (χ2n) is 7.67. The van der Waals surface area contributed by atoms with Crippen molar-refractivity contribution in [2.24, 2.45) is 5.92 Å². The molecule has 0 saturated carbocycles. The number of aliphatic hydroxyl groups is 1. The van der Waals surface area contributed by atoms with Gasteiger partial charge in [0.05, 0.1) is 17.6 Å². The number of ether oxygens (including phenoxy) is 4. The van der Waals surface area contributed by atoms with E-state index in [0.29, 0.717) is 12.0 Å². The molecule has 3 aliphatic heterocycles. The van der Waals surface area contributed by atoms with E-state index in [1.807, 2.05) is 13.0 Å². The number of carbonyl (C=O) groups is 2. The van der Waals surface area contributed by atoms with Crippen molar-refractivity contribution in [2.75, 3.05) is 0 Å². The third-order valence-electron chi connectivity index (χ3n) is 5.57. The fourth-order valence-electron chi connectivity index (χ4n) is 4.13. The minimum absolute atomic E-state index is 0.219. The molecule has 26 heavy (non-hydrogen) atoms. The van der Waals surface area contributed by atoms with Crippen LogP contribution in [-0.2, 0) is 28.5 Å². The van der Waals surface area contributed by atoms with Crippen LogP contribution in [0.25, 0.3) is 0 Å². The molecule has 2 saturated heterocycles. The summed E-state index contributed by atoms with van der Waals surface area (Å²) in [4.78, 5) is 24.3. The topological polar surface area (TPSA) is 94.6 Å². The van der Waals surface area contributed by atoms with Gasteiger partial charge in [0.15, 0.2) is 6.29 Å². The van der Waals surface area contributed by atoms with Crippen LogP contribution < -0.4 is 0 Å². The number of aliphatic hydroxyl groups excluding tert-OH is 1. The Morgan fingerprint density at radius 1 is 1.46 bits per heavy atom. The van der Waals surface area contributed by atoms with Gasteiger partial charge < -0.3 is 24.1 Å². The van der Waals surface area contributed by atoms with Crippen LogP contribution in [0.4, 0.5) is 0 Å². The maximum Gasteiger partial charge on any atom is 0.334 e. The predicted molar refractivity (Wildman–Crippen MR) is 88.7 cm³/mol. The summed E-state index contributed by atoms with van der Waals surface area (Å²) in [6, 6.07) is 0. The molecule has 7 unspecified atom stereocenters. The highest BCUT2D eigenvalue weighted by Gasteiger charge is 2.64. The second-order valence-corrected chi connectivity index (χ2v) is 7.67. The number of carbonyl (C=O) groups excluding carboxylic acids is 2. The van der Waals surface area contributed by atoms with Gasteiger partial charge >= 0.3 is 11.9 Å². The largest absolute Gasteiger partial charge is 0.458 e. The van der Waals surface area contributed by atoms with Crippen LogP contribution in [0.5, 0.6) is 0 Å². The second kappa shape index (κ2) is 5.77. The Morgan fingerprint density at radius 3 is 2.88 bits per heavy atom. The van der Waals surface area contributed by atoms with Crippen LogP contribution in [-0.4, -0.2) is 53.4 Å². The normalized spacial score (nSPS) is 43.7. The van der Waals surface area contributed by atoms with Crippen LogP contribution in [0, 0.1) is 5.92 Å². The van der Waals surface area contributed by atoms with Crippen molar-refractivity contribution in [2.45, 2.75) is 63.0 Å². The molecule has 2 fully saturated rings. The molecule has 0 aromatic heterocycles. The van der Waals surface area contributed by atoms with Crippen molar-refractivity contribution in [1.82, 2.24) is 0 Å². The summed E-state index contributed by atoms with van der Waals surface area (Å²) in [6.07, 6.45) is -0.427. The molecule has 7 atom stereocenters. The molecule has 7 heteroatoms. The molecule has 4 rings (SSSR count). The average Bonchev–Trinajstić information content (AvgIpc) is 2.96. The minimum atomic E-state index is -1.07. The first-order valence-electron chi connectivity index (χ1n) is 8.68. The van der Waals surface area contributed by atoms with E-state index in [9.17, 15) is 14.7 Å². The summed E-state index contributed by atoms with van der Waals surface area (Å²) >= 11 is 0. The Labute approximate surface area is 151 Å². The first kappa shape index (κ1) is 17.5. The van der Waals surface area contributed by atoms with Gasteiger partial charge in [0, 0.05) is 24.0 Å². The summed E-state index contributed by atoms with van der Waals surface area (Å²) in [6.45, 7) is 10.9. The monoisotopic (exact) mass is 362 g/mol. The molecule has 0 aromatic rings. The SMILES string of the molecule is C=C(C)C(=O)OC1CC2=CC(CC3(C)OC3C3OC(=O)C(=C)C13)OC2O. The summed E-state index contributed by atoms with van der Waals surface area (Å²) in [5.41, 5.74) is 0.573. The first-order valence-corrected chi connectivity index (χ1v) is 8.68. The first-order chi connectivity index (χ1) is 12.2. The number of esters is 2. The molecule has 0 amide bonds. The van der Waals surface area contributed by atoms with Crippen molar-refractivity contribution in [3.63, 3.8) is 0 Å². The highest BCUT2D eigenvalue weighted by atomic mass is 16.7. The summed E-state index contributed by atoms with van der Waals surface area (Å²) < 4.78 is 22.6. The lowest BCUT2D eigenvalue weighted by atomic mass is 9.82. The third kappa shape index (κ3) is 2.71. The molecular formula is C19H22O7. The van der Waals surface area contributed by atoms with Crippen LogP contribution in [0.1, 0.15) is 26.7 Å². The van der Waals surface area contributed by atoms with Crippen molar-refractivity contribution in [1.29, 1.82) is 0 Å². The molecule has 140 valence electrons. The molecule has 0 spiro atoms. The van der Waals surface area contributed by atoms with Crippen LogP contribution in [0.2, 0.25) is 0 Å². The van der Waals surface area contributed by atoms with Gasteiger partial charge in [-0.25, -0.2) is 9.59 Å². The lowest BCUT2D eigenvalue weighted by Crippen LogP contribution is -2.39. The molecule has 4 aliphatic rings. The molecule has 1 N–H and O–H groups in total. The quantitative estimate of drug-likeness (QED) is 0.341. The van der Waals surface area contributed by atoms with E-state index in [1.165, 1.54) is 0 Å². The predicted octanol–water partition coefficient (Wildman–Crippen LogP) is 1.17. The highest BCUT2D eigenvalue weighted by molar-refractivity contribution is 5.91. The molecule has 0 aromatic carbocycles. The Balaban J connectivity index is 1.72. The Morgan fingerprint density at radius 2 is 2.19 bits per heavy atom. The van der Waals surface area contributed by atoms with Crippen molar-refractivity contribution >= 4 is 11.9 Å². The van der Waals surface area contributed by atoms with Crippen molar-refractivity contribution < 1.29 is 33.6 Å². The molecule has 0 radical (unpaired) electrons. The zero-order valence-electron chi connectivity index (χ0n) is 14.8. The van der Waals surface area contributed by atoms with E-state index in [-0.39, 0.29) is 29.8 Å². The fraction of sp³-hybridized carbons (Fsp3) is 0.579. The average molecular weight is 362 g/mol. The molecule has 1 aliphatic carbocycles. The van der Waals surface area contributed by atoms with Gasteiger partial charge in [-0.2, -0.15) is 0 Å². The van der Waals surface area contributed by atoms with Crippen molar-refractivity contribution in [3.05, 3.63) is 36.0 Å². The van der Waals surface area contributed by atoms with E-state index in [0.717, 1.165) is 0 Å². The van der Waals surface area contributed by atoms with E-state index >= 15 is 0 Å². The standard InChI is InChI=1S/C19H22O7/c1-8(2)16(20)24-12-6-10-5-11(23-18(10)22)7-19(4)15(26-19)14-13(12)9(3)17(21)25-14/h5,11-15,18,22H,1,3,6-7H2,2,4H3. The summed E-state index contributed by atoms with van der Waals surface area (Å²) in [5, 5.41) is 10.2. The van der Waals surface area contributed by atoms with Crippen LogP contribution in [0.3, 0.4) is 0 Å². The highest BCUT2D eigenvalue weighted by Crippen LogP contribution is 2.51. The Kier molecular flexibility index (Phi) is 3.87. The number of hydrogen-bond acceptors (Lipinski definition) is 7. The zero-order chi connectivity index (χ0) is 18.8. The number of fused-ring (bicyclic) bond motifs is 4. The van der Waals surface area contributed by atoms with Gasteiger partial charge in [-0.05, 0) is 19.4 Å². The fourth-order valence-corrected chi connectivity index (χ4v) is 4.13. The van der Waals surface area contributed by atoms with Gasteiger partial charge in [-0.15, -0.1) is 0 Å². The van der Waals surface area contributed by atoms with Gasteiger partial charge in [0.25, 0.3) is 0 Å². The van der Waals surface area contributed by atoms with Crippen molar-refractivity contribution in [3.8, 4) is 0 Å². The third-order valence-corrected chi connectivity index (χ3v) is 5.57. The van der Waals surface area contributed by atoms with E-state index < -0.39 is 42.0 Å². The maximum atomic E-state index is 12.2. The zero-order valence-corrected chi connectivity index (χ0v) is 14.8. The lowest BCUT2D eigenvalue weighted by molar-refractivity contribution is -0.149. The van der Waals surface area contributed by atoms with E-state index in [1.54, 1.807) is 6.92 Å². The van der Waals surface area contributed by atoms with Gasteiger partial charge in [0.2, 0.25) is 0 Å². The summed E-state index contributed by atoms with van der Waals surface area (Å²) in [7, 11) is 0. The van der Waals surface area contributed by atoms with Gasteiger partial charge in [-0.3, -0.25) is 0 Å². The maximum absolute atomic E-state index is 12.2. The van der Waals surface area contributed by atoms with E-state index in [2.05, 4.69) is 13.2 Å². The Bertz CT molecular complexity index is 738. The Hall–Kier alpha value is -1.96. The molecule has 7 nitrogen and oxygen atoms in total. The minimum Gasteiger partial charge on any atom is -0.458 e. The smallest absolute Gasteiger partial charge is 0.334 e. The number of hydrogen-bond donors (Lipinski definition) is 1. The van der Waals surface area contributed by atoms with Gasteiger partial charge in [-0.1, -0.05) is 19.2 Å². The molecular weight excluding hydrogens is 340 g/mol. The summed E-state index contributed by atoms with van der Waals surface area (Å²) in [5.74, 6) is -1.63. The lowest BCUT2D eigenvalue weighted by Gasteiger charge is -2.28. The van der Waals surface area contributed by atoms with E-state index in [4.69, 9.17) is 18.9 Å².